The fraction of sp³-hybridized carbons (Fsp3) is 0.357. The number of carbonyl (C=O) groups is 1. The van der Waals surface area contributed by atoms with Crippen LogP contribution in [-0.4, -0.2) is 33.1 Å². The van der Waals surface area contributed by atoms with Crippen molar-refractivity contribution in [2.45, 2.75) is 18.5 Å². The van der Waals surface area contributed by atoms with Crippen LogP contribution >= 0.6 is 27.7 Å². The van der Waals surface area contributed by atoms with E-state index in [2.05, 4.69) is 26.1 Å². The maximum atomic E-state index is 11.3. The Morgan fingerprint density at radius 3 is 2.71 bits per heavy atom. The number of thioether (sulfide) groups is 1. The minimum atomic E-state index is -0.180. The number of hydrogen-bond donors (Lipinski definition) is 0. The summed E-state index contributed by atoms with van der Waals surface area (Å²) in [5.74, 6) is 1.26. The molecule has 0 unspecified atom stereocenters. The van der Waals surface area contributed by atoms with Crippen LogP contribution in [0.2, 0.25) is 0 Å². The number of aromatic nitrogens is 3. The molecule has 0 aliphatic rings. The fourth-order valence-electron chi connectivity index (χ4n) is 1.75. The van der Waals surface area contributed by atoms with Gasteiger partial charge in [0.05, 0.1) is 13.0 Å². The topological polar surface area (TPSA) is 57.0 Å². The first-order chi connectivity index (χ1) is 10.1. The van der Waals surface area contributed by atoms with Gasteiger partial charge in [0, 0.05) is 22.8 Å². The normalized spacial score (nSPS) is 10.6. The van der Waals surface area contributed by atoms with E-state index in [1.54, 1.807) is 6.92 Å². The zero-order valence-electron chi connectivity index (χ0n) is 11.9. The highest BCUT2D eigenvalue weighted by molar-refractivity contribution is 9.10. The van der Waals surface area contributed by atoms with Gasteiger partial charge in [-0.25, -0.2) is 0 Å². The number of nitrogens with zero attached hydrogens (tertiary/aromatic N) is 3. The Labute approximate surface area is 136 Å². The SMILES string of the molecule is CCOC(=O)CCSc1nnc(-c2ccc(Br)cc2)n1C. The van der Waals surface area contributed by atoms with Crippen molar-refractivity contribution in [1.82, 2.24) is 14.8 Å². The summed E-state index contributed by atoms with van der Waals surface area (Å²) in [4.78, 5) is 11.3. The van der Waals surface area contributed by atoms with Crippen molar-refractivity contribution in [3.05, 3.63) is 28.7 Å². The molecule has 0 aliphatic heterocycles. The third-order valence-corrected chi connectivity index (χ3v) is 4.33. The van der Waals surface area contributed by atoms with E-state index in [-0.39, 0.29) is 5.97 Å². The Bertz CT molecular complexity index is 613. The number of halogens is 1. The van der Waals surface area contributed by atoms with Crippen LogP contribution in [0.3, 0.4) is 0 Å². The van der Waals surface area contributed by atoms with Gasteiger partial charge in [-0.1, -0.05) is 39.8 Å². The lowest BCUT2D eigenvalue weighted by molar-refractivity contribution is -0.142. The third-order valence-electron chi connectivity index (χ3n) is 2.78. The summed E-state index contributed by atoms with van der Waals surface area (Å²) in [6, 6.07) is 7.91. The molecule has 0 fully saturated rings. The lowest BCUT2D eigenvalue weighted by Gasteiger charge is -2.04. The predicted molar refractivity (Wildman–Crippen MR) is 86.1 cm³/mol. The summed E-state index contributed by atoms with van der Waals surface area (Å²) in [6.07, 6.45) is 0.374. The molecule has 7 heteroatoms. The number of hydrogen-bond acceptors (Lipinski definition) is 5. The van der Waals surface area contributed by atoms with Crippen LogP contribution in [-0.2, 0) is 16.6 Å². The van der Waals surface area contributed by atoms with Crippen LogP contribution in [0.5, 0.6) is 0 Å². The van der Waals surface area contributed by atoms with E-state index in [0.717, 1.165) is 21.0 Å². The van der Waals surface area contributed by atoms with Crippen molar-refractivity contribution in [1.29, 1.82) is 0 Å². The number of rotatable bonds is 6. The second-order valence-electron chi connectivity index (χ2n) is 4.28. The average Bonchev–Trinajstić information content (AvgIpc) is 2.82. The van der Waals surface area contributed by atoms with Crippen molar-refractivity contribution in [2.24, 2.45) is 7.05 Å². The maximum Gasteiger partial charge on any atom is 0.306 e. The Morgan fingerprint density at radius 2 is 2.05 bits per heavy atom. The molecule has 2 aromatic rings. The molecule has 0 saturated carbocycles. The standard InChI is InChI=1S/C14H16BrN3O2S/c1-3-20-12(19)8-9-21-14-17-16-13(18(14)2)10-4-6-11(15)7-5-10/h4-7H,3,8-9H2,1-2H3. The van der Waals surface area contributed by atoms with E-state index >= 15 is 0 Å². The number of carbonyl (C=O) groups excluding carboxylic acids is 1. The minimum Gasteiger partial charge on any atom is -0.466 e. The highest BCUT2D eigenvalue weighted by Gasteiger charge is 2.12. The molecule has 1 aromatic heterocycles. The van der Waals surface area contributed by atoms with Crippen molar-refractivity contribution >= 4 is 33.7 Å². The maximum absolute atomic E-state index is 11.3. The molecule has 0 bridgehead atoms. The van der Waals surface area contributed by atoms with Gasteiger partial charge >= 0.3 is 5.97 Å². The van der Waals surface area contributed by atoms with Gasteiger partial charge in [0.1, 0.15) is 0 Å². The van der Waals surface area contributed by atoms with E-state index < -0.39 is 0 Å². The van der Waals surface area contributed by atoms with Crippen molar-refractivity contribution in [3.8, 4) is 11.4 Å². The van der Waals surface area contributed by atoms with Gasteiger partial charge in [-0.2, -0.15) is 0 Å². The van der Waals surface area contributed by atoms with Crippen LogP contribution in [0.15, 0.2) is 33.9 Å². The molecule has 0 spiro atoms. The van der Waals surface area contributed by atoms with E-state index in [1.165, 1.54) is 11.8 Å². The predicted octanol–water partition coefficient (Wildman–Crippen LogP) is 3.29. The van der Waals surface area contributed by atoms with Crippen molar-refractivity contribution in [2.75, 3.05) is 12.4 Å². The molecule has 1 heterocycles. The molecule has 5 nitrogen and oxygen atoms in total. The highest BCUT2D eigenvalue weighted by atomic mass is 79.9. The lowest BCUT2D eigenvalue weighted by Crippen LogP contribution is -2.05. The van der Waals surface area contributed by atoms with Crippen molar-refractivity contribution < 1.29 is 9.53 Å². The second kappa shape index (κ2) is 7.61. The fourth-order valence-corrected chi connectivity index (χ4v) is 2.84. The number of benzene rings is 1. The van der Waals surface area contributed by atoms with Crippen LogP contribution in [0.25, 0.3) is 11.4 Å². The molecule has 0 aliphatic carbocycles. The molecule has 0 amide bonds. The first-order valence-electron chi connectivity index (χ1n) is 6.55. The average molecular weight is 370 g/mol. The third kappa shape index (κ3) is 4.31. The summed E-state index contributed by atoms with van der Waals surface area (Å²) >= 11 is 4.91. The molecule has 2 rings (SSSR count). The van der Waals surface area contributed by atoms with Gasteiger partial charge in [0.2, 0.25) is 0 Å². The summed E-state index contributed by atoms with van der Waals surface area (Å²) in [6.45, 7) is 2.22. The first kappa shape index (κ1) is 16.0. The smallest absolute Gasteiger partial charge is 0.306 e. The Hall–Kier alpha value is -1.34. The van der Waals surface area contributed by atoms with Crippen LogP contribution < -0.4 is 0 Å². The molecule has 1 aromatic carbocycles. The van der Waals surface area contributed by atoms with Gasteiger partial charge in [0.15, 0.2) is 11.0 Å². The number of esters is 1. The van der Waals surface area contributed by atoms with Crippen LogP contribution in [0.4, 0.5) is 0 Å². The molecular formula is C14H16BrN3O2S. The van der Waals surface area contributed by atoms with Crippen LogP contribution in [0.1, 0.15) is 13.3 Å². The molecule has 0 saturated heterocycles. The molecule has 0 N–H and O–H groups in total. The quantitative estimate of drug-likeness (QED) is 0.577. The van der Waals surface area contributed by atoms with Gasteiger partial charge in [-0.05, 0) is 19.1 Å². The first-order valence-corrected chi connectivity index (χ1v) is 8.33. The summed E-state index contributed by atoms with van der Waals surface area (Å²) < 4.78 is 7.85. The molecular weight excluding hydrogens is 354 g/mol. The Morgan fingerprint density at radius 1 is 1.33 bits per heavy atom. The lowest BCUT2D eigenvalue weighted by atomic mass is 10.2. The van der Waals surface area contributed by atoms with Gasteiger partial charge in [-0.3, -0.25) is 4.79 Å². The molecule has 21 heavy (non-hydrogen) atoms. The van der Waals surface area contributed by atoms with Gasteiger partial charge < -0.3 is 9.30 Å². The minimum absolute atomic E-state index is 0.180. The highest BCUT2D eigenvalue weighted by Crippen LogP contribution is 2.24. The zero-order chi connectivity index (χ0) is 15.2. The largest absolute Gasteiger partial charge is 0.466 e. The molecule has 112 valence electrons. The van der Waals surface area contributed by atoms with Crippen molar-refractivity contribution in [3.63, 3.8) is 0 Å². The van der Waals surface area contributed by atoms with Gasteiger partial charge in [-0.15, -0.1) is 10.2 Å². The Balaban J connectivity index is 2.00. The summed E-state index contributed by atoms with van der Waals surface area (Å²) in [5.41, 5.74) is 1.01. The van der Waals surface area contributed by atoms with E-state index in [4.69, 9.17) is 4.74 Å². The summed E-state index contributed by atoms with van der Waals surface area (Å²) in [5, 5.41) is 9.17. The van der Waals surface area contributed by atoms with E-state index in [0.29, 0.717) is 18.8 Å². The Kier molecular flexibility index (Phi) is 5.81. The zero-order valence-corrected chi connectivity index (χ0v) is 14.3. The molecule has 0 radical (unpaired) electrons. The number of ether oxygens (including phenoxy) is 1. The van der Waals surface area contributed by atoms with Gasteiger partial charge in [0.25, 0.3) is 0 Å². The van der Waals surface area contributed by atoms with E-state index in [1.807, 2.05) is 35.9 Å². The molecule has 0 atom stereocenters. The second-order valence-corrected chi connectivity index (χ2v) is 6.25. The van der Waals surface area contributed by atoms with E-state index in [9.17, 15) is 4.79 Å². The monoisotopic (exact) mass is 369 g/mol. The summed E-state index contributed by atoms with van der Waals surface area (Å²) in [7, 11) is 1.92. The van der Waals surface area contributed by atoms with Crippen LogP contribution in [0, 0.1) is 0 Å².